The topological polar surface area (TPSA) is 134 Å². The van der Waals surface area contributed by atoms with Crippen molar-refractivity contribution in [3.8, 4) is 11.3 Å². The number of amides is 2. The minimum atomic E-state index is -1.39. The van der Waals surface area contributed by atoms with Gasteiger partial charge in [-0.25, -0.2) is 18.9 Å². The smallest absolute Gasteiger partial charge is 0.269 e. The molecule has 10 nitrogen and oxygen atoms in total. The van der Waals surface area contributed by atoms with Crippen LogP contribution in [0.5, 0.6) is 0 Å². The second-order valence-corrected chi connectivity index (χ2v) is 10.5. The summed E-state index contributed by atoms with van der Waals surface area (Å²) in [6.45, 7) is 3.39. The van der Waals surface area contributed by atoms with Gasteiger partial charge in [0.15, 0.2) is 5.65 Å². The average molecular weight is 564 g/mol. The van der Waals surface area contributed by atoms with Crippen LogP contribution in [0.25, 0.3) is 16.9 Å². The molecule has 11 heteroatoms. The largest absolute Gasteiger partial charge is 0.390 e. The van der Waals surface area contributed by atoms with Gasteiger partial charge in [-0.15, -0.1) is 0 Å². The number of carbonyl (C=O) groups is 2. The molecule has 3 aromatic heterocycles. The fourth-order valence-corrected chi connectivity index (χ4v) is 4.83. The Morgan fingerprint density at radius 2 is 1.86 bits per heavy atom. The maximum Gasteiger partial charge on any atom is 0.269 e. The molecule has 0 saturated carbocycles. The van der Waals surface area contributed by atoms with Gasteiger partial charge in [-0.1, -0.05) is 42.5 Å². The van der Waals surface area contributed by atoms with Gasteiger partial charge in [-0.05, 0) is 38.1 Å². The summed E-state index contributed by atoms with van der Waals surface area (Å²) in [5.41, 5.74) is 2.32. The van der Waals surface area contributed by atoms with Crippen LogP contribution in [0.4, 0.5) is 10.1 Å². The molecule has 3 N–H and O–H groups in total. The van der Waals surface area contributed by atoms with Gasteiger partial charge in [-0.2, -0.15) is 5.10 Å². The first-order chi connectivity index (χ1) is 20.2. The molecule has 1 atom stereocenters. The van der Waals surface area contributed by atoms with Crippen LogP contribution in [-0.4, -0.2) is 54.0 Å². The van der Waals surface area contributed by atoms with E-state index in [2.05, 4.69) is 30.7 Å². The Bertz CT molecular complexity index is 1840. The predicted molar refractivity (Wildman–Crippen MR) is 155 cm³/mol. The summed E-state index contributed by atoms with van der Waals surface area (Å²) in [5, 5.41) is 20.0. The number of aliphatic hydroxyl groups is 1. The van der Waals surface area contributed by atoms with Gasteiger partial charge in [-0.3, -0.25) is 14.6 Å². The van der Waals surface area contributed by atoms with Crippen molar-refractivity contribution in [1.82, 2.24) is 24.9 Å². The lowest BCUT2D eigenvalue weighted by Gasteiger charge is -2.16. The van der Waals surface area contributed by atoms with Crippen molar-refractivity contribution in [1.29, 1.82) is 0 Å². The van der Waals surface area contributed by atoms with Crippen molar-refractivity contribution in [3.05, 3.63) is 114 Å². The first-order valence-electron chi connectivity index (χ1n) is 13.2. The fourth-order valence-electron chi connectivity index (χ4n) is 4.83. The number of halogens is 1. The second-order valence-electron chi connectivity index (χ2n) is 10.5. The van der Waals surface area contributed by atoms with Gasteiger partial charge in [0.2, 0.25) is 6.17 Å². The van der Waals surface area contributed by atoms with E-state index in [-0.39, 0.29) is 16.9 Å². The molecule has 42 heavy (non-hydrogen) atoms. The highest BCUT2D eigenvalue weighted by atomic mass is 19.1. The third-order valence-corrected chi connectivity index (χ3v) is 6.67. The first-order valence-corrected chi connectivity index (χ1v) is 13.2. The number of nitrogens with one attached hydrogen (secondary N) is 2. The maximum absolute atomic E-state index is 14.9. The Balaban J connectivity index is 1.40. The van der Waals surface area contributed by atoms with Crippen molar-refractivity contribution < 1.29 is 19.1 Å². The lowest BCUT2D eigenvalue weighted by Crippen LogP contribution is -2.42. The summed E-state index contributed by atoms with van der Waals surface area (Å²) in [4.78, 5) is 40.6. The van der Waals surface area contributed by atoms with Gasteiger partial charge in [0.05, 0.1) is 17.0 Å². The molecular weight excluding hydrogens is 537 g/mol. The highest BCUT2D eigenvalue weighted by molar-refractivity contribution is 6.20. The SMILES string of the molecule is CC(C)(O)Cc1ccc(-c2nn3cccnc3c2C(=O)NC2N=C(c3ccccc3)c3cccc(F)c3NC2=O)cn1. The summed E-state index contributed by atoms with van der Waals surface area (Å²) in [7, 11) is 0. The number of hydrogen-bond acceptors (Lipinski definition) is 7. The highest BCUT2D eigenvalue weighted by Crippen LogP contribution is 2.28. The van der Waals surface area contributed by atoms with Crippen molar-refractivity contribution in [2.75, 3.05) is 5.32 Å². The van der Waals surface area contributed by atoms with Gasteiger partial charge in [0.25, 0.3) is 11.8 Å². The molecule has 0 spiro atoms. The molecule has 210 valence electrons. The van der Waals surface area contributed by atoms with Crippen LogP contribution in [0.15, 0.2) is 90.3 Å². The van der Waals surface area contributed by atoms with Gasteiger partial charge < -0.3 is 15.7 Å². The summed E-state index contributed by atoms with van der Waals surface area (Å²) in [6, 6.07) is 18.7. The van der Waals surface area contributed by atoms with Crippen molar-refractivity contribution in [2.45, 2.75) is 32.0 Å². The van der Waals surface area contributed by atoms with Gasteiger partial charge in [0.1, 0.15) is 17.1 Å². The lowest BCUT2D eigenvalue weighted by molar-refractivity contribution is -0.117. The zero-order valence-corrected chi connectivity index (χ0v) is 22.7. The number of anilines is 1. The molecule has 1 aliphatic heterocycles. The van der Waals surface area contributed by atoms with E-state index in [1.165, 1.54) is 22.8 Å². The molecule has 1 unspecified atom stereocenters. The van der Waals surface area contributed by atoms with Gasteiger partial charge in [0, 0.05) is 47.4 Å². The number of fused-ring (bicyclic) bond motifs is 2. The van der Waals surface area contributed by atoms with Crippen LogP contribution >= 0.6 is 0 Å². The quantitative estimate of drug-likeness (QED) is 0.288. The van der Waals surface area contributed by atoms with Crippen LogP contribution < -0.4 is 10.6 Å². The molecular formula is C31H26FN7O3. The van der Waals surface area contributed by atoms with Crippen molar-refractivity contribution in [2.24, 2.45) is 4.99 Å². The molecule has 2 aromatic carbocycles. The molecule has 6 rings (SSSR count). The Labute approximate surface area is 240 Å². The normalized spacial score (nSPS) is 15.0. The van der Waals surface area contributed by atoms with E-state index in [1.54, 1.807) is 62.6 Å². The minimum Gasteiger partial charge on any atom is -0.390 e. The summed E-state index contributed by atoms with van der Waals surface area (Å²) in [5.74, 6) is -1.97. The average Bonchev–Trinajstić information content (AvgIpc) is 3.29. The van der Waals surface area contributed by atoms with Crippen LogP contribution in [0, 0.1) is 5.82 Å². The third-order valence-electron chi connectivity index (χ3n) is 6.67. The van der Waals surface area contributed by atoms with Crippen LogP contribution in [0.3, 0.4) is 0 Å². The van der Waals surface area contributed by atoms with E-state index in [9.17, 15) is 19.1 Å². The lowest BCUT2D eigenvalue weighted by atomic mass is 10.0. The molecule has 0 bridgehead atoms. The predicted octanol–water partition coefficient (Wildman–Crippen LogP) is 3.79. The molecule has 0 fully saturated rings. The molecule has 2 amide bonds. The van der Waals surface area contributed by atoms with E-state index in [0.717, 1.165) is 0 Å². The standard InChI is InChI=1S/C31H26FN7O3/c1-31(2,42)16-20-13-12-19(17-34-20)25-23(28-33-14-7-15-39(28)38-25)29(40)37-27-30(41)36-26-21(10-6-11-22(26)32)24(35-27)18-8-4-3-5-9-18/h3-15,17,27,42H,16H2,1-2H3,(H,36,41)(H,37,40). The first kappa shape index (κ1) is 26.9. The molecule has 4 heterocycles. The zero-order valence-electron chi connectivity index (χ0n) is 22.7. The molecule has 1 aliphatic rings. The zero-order chi connectivity index (χ0) is 29.4. The number of para-hydroxylation sites is 1. The summed E-state index contributed by atoms with van der Waals surface area (Å²) >= 11 is 0. The molecule has 0 saturated heterocycles. The number of pyridine rings is 1. The summed E-state index contributed by atoms with van der Waals surface area (Å²) < 4.78 is 16.3. The number of aliphatic imine (C=N–C) groups is 1. The fraction of sp³-hybridized carbons (Fsp3) is 0.161. The number of hydrogen-bond donors (Lipinski definition) is 3. The van der Waals surface area contributed by atoms with Crippen LogP contribution in [0.2, 0.25) is 0 Å². The Morgan fingerprint density at radius 1 is 1.05 bits per heavy atom. The number of benzene rings is 2. The molecule has 5 aromatic rings. The number of aromatic nitrogens is 4. The monoisotopic (exact) mass is 563 g/mol. The number of carbonyl (C=O) groups excluding carboxylic acids is 2. The van der Waals surface area contributed by atoms with Crippen LogP contribution in [-0.2, 0) is 11.2 Å². The van der Waals surface area contributed by atoms with E-state index >= 15 is 0 Å². The number of benzodiazepines with no additional fused rings is 1. The van der Waals surface area contributed by atoms with E-state index in [1.807, 2.05) is 18.2 Å². The van der Waals surface area contributed by atoms with E-state index in [4.69, 9.17) is 0 Å². The second kappa shape index (κ2) is 10.6. The van der Waals surface area contributed by atoms with E-state index < -0.39 is 29.4 Å². The number of nitrogens with zero attached hydrogens (tertiary/aromatic N) is 5. The Morgan fingerprint density at radius 3 is 2.60 bits per heavy atom. The third kappa shape index (κ3) is 5.25. The molecule has 0 aliphatic carbocycles. The van der Waals surface area contributed by atoms with E-state index in [0.29, 0.717) is 40.2 Å². The van der Waals surface area contributed by atoms with Crippen LogP contribution in [0.1, 0.15) is 41.0 Å². The Kier molecular flexibility index (Phi) is 6.79. The van der Waals surface area contributed by atoms with Crippen molar-refractivity contribution >= 4 is 28.9 Å². The Hall–Kier alpha value is -5.29. The maximum atomic E-state index is 14.9. The van der Waals surface area contributed by atoms with Gasteiger partial charge >= 0.3 is 0 Å². The minimum absolute atomic E-state index is 0.0163. The number of rotatable bonds is 6. The highest BCUT2D eigenvalue weighted by Gasteiger charge is 2.31. The molecule has 0 radical (unpaired) electrons. The summed E-state index contributed by atoms with van der Waals surface area (Å²) in [6.07, 6.45) is 3.71. The van der Waals surface area contributed by atoms with Crippen molar-refractivity contribution in [3.63, 3.8) is 0 Å².